The Hall–Kier alpha value is -3.55. The molecule has 5 N–H and O–H groups in total. The topological polar surface area (TPSA) is 152 Å². The summed E-state index contributed by atoms with van der Waals surface area (Å²) in [5.41, 5.74) is -3.02. The van der Waals surface area contributed by atoms with Crippen LogP contribution >= 0.6 is 0 Å². The average Bonchev–Trinajstić information content (AvgIpc) is 2.47. The summed E-state index contributed by atoms with van der Waals surface area (Å²) in [7, 11) is 0. The van der Waals surface area contributed by atoms with E-state index in [4.69, 9.17) is 0 Å². The van der Waals surface area contributed by atoms with E-state index in [1.165, 1.54) is 0 Å². The van der Waals surface area contributed by atoms with Crippen molar-refractivity contribution in [2.45, 2.75) is 6.92 Å². The fourth-order valence-electron chi connectivity index (χ4n) is 2.78. The van der Waals surface area contributed by atoms with Crippen molar-refractivity contribution < 1.29 is 39.9 Å². The highest BCUT2D eigenvalue weighted by Gasteiger charge is 2.40. The summed E-state index contributed by atoms with van der Waals surface area (Å²) in [6.45, 7) is 0.985. The lowest BCUT2D eigenvalue weighted by atomic mass is 9.80. The molecule has 1 aliphatic carbocycles. The van der Waals surface area contributed by atoms with Crippen molar-refractivity contribution in [2.75, 3.05) is 0 Å². The van der Waals surface area contributed by atoms with Gasteiger partial charge in [0.25, 0.3) is 0 Å². The molecule has 8 nitrogen and oxygen atoms in total. The van der Waals surface area contributed by atoms with Gasteiger partial charge in [0, 0.05) is 11.6 Å². The van der Waals surface area contributed by atoms with Crippen LogP contribution in [0.2, 0.25) is 0 Å². The van der Waals surface area contributed by atoms with Crippen LogP contribution in [-0.2, 0) is 0 Å². The Morgan fingerprint density at radius 2 is 1.38 bits per heavy atom. The molecule has 122 valence electrons. The lowest BCUT2D eigenvalue weighted by Gasteiger charge is -2.22. The van der Waals surface area contributed by atoms with Gasteiger partial charge in [-0.3, -0.25) is 14.4 Å². The second-order valence-electron chi connectivity index (χ2n) is 5.27. The normalized spacial score (nSPS) is 12.7. The highest BCUT2D eigenvalue weighted by atomic mass is 16.3. The number of ketones is 3. The molecule has 2 aromatic carbocycles. The maximum Gasteiger partial charge on any atom is 0.202 e. The van der Waals surface area contributed by atoms with Crippen molar-refractivity contribution in [3.63, 3.8) is 0 Å². The number of phenols is 5. The first-order valence-corrected chi connectivity index (χ1v) is 6.64. The Kier molecular flexibility index (Phi) is 3.02. The van der Waals surface area contributed by atoms with E-state index in [2.05, 4.69) is 0 Å². The number of aromatic hydroxyl groups is 5. The van der Waals surface area contributed by atoms with Gasteiger partial charge in [-0.05, 0) is 13.0 Å². The van der Waals surface area contributed by atoms with Crippen LogP contribution in [0.1, 0.15) is 49.1 Å². The Labute approximate surface area is 133 Å². The number of Topliss-reactive ketones (excluding diaryl/α,β-unsaturated/α-hetero) is 1. The monoisotopic (exact) mass is 330 g/mol. The molecule has 0 saturated carbocycles. The Morgan fingerprint density at radius 3 is 1.96 bits per heavy atom. The number of phenolic OH excluding ortho intramolecular Hbond substituents is 5. The summed E-state index contributed by atoms with van der Waals surface area (Å²) in [5.74, 6) is -7.13. The number of fused-ring (bicyclic) bond motifs is 2. The third-order valence-electron chi connectivity index (χ3n) is 3.80. The fraction of sp³-hybridized carbons (Fsp3) is 0.0625. The van der Waals surface area contributed by atoms with Crippen LogP contribution in [0.25, 0.3) is 0 Å². The van der Waals surface area contributed by atoms with Gasteiger partial charge in [-0.25, -0.2) is 0 Å². The van der Waals surface area contributed by atoms with E-state index in [0.717, 1.165) is 19.1 Å². The number of benzene rings is 2. The van der Waals surface area contributed by atoms with E-state index in [-0.39, 0.29) is 0 Å². The molecule has 0 aromatic heterocycles. The van der Waals surface area contributed by atoms with Crippen LogP contribution in [-0.4, -0.2) is 42.9 Å². The third kappa shape index (κ3) is 1.76. The summed E-state index contributed by atoms with van der Waals surface area (Å²) in [6, 6.07) is 1.74. The summed E-state index contributed by atoms with van der Waals surface area (Å²) < 4.78 is 0. The smallest absolute Gasteiger partial charge is 0.202 e. The molecule has 0 fully saturated rings. The molecule has 0 spiro atoms. The number of carbonyl (C=O) groups excluding carboxylic acids is 3. The molecular weight excluding hydrogens is 320 g/mol. The minimum absolute atomic E-state index is 0.408. The quantitative estimate of drug-likeness (QED) is 0.253. The van der Waals surface area contributed by atoms with Crippen molar-refractivity contribution >= 4 is 17.3 Å². The van der Waals surface area contributed by atoms with Crippen LogP contribution in [0, 0.1) is 0 Å². The molecule has 0 unspecified atom stereocenters. The second-order valence-corrected chi connectivity index (χ2v) is 5.27. The molecule has 0 saturated heterocycles. The molecule has 2 aromatic rings. The van der Waals surface area contributed by atoms with Crippen molar-refractivity contribution in [3.8, 4) is 28.7 Å². The standard InChI is InChI=1S/C16H10O8/c1-4(17)8-13(21)11-10(16(24)15(8)23)12(20)6-2-5(18)3-7(19)9(6)14(11)22/h2-3,18-19,21,23-24H,1H3. The summed E-state index contributed by atoms with van der Waals surface area (Å²) in [4.78, 5) is 36.7. The molecule has 0 amide bonds. The molecular formula is C16H10O8. The van der Waals surface area contributed by atoms with Gasteiger partial charge in [0.2, 0.25) is 5.78 Å². The van der Waals surface area contributed by atoms with Gasteiger partial charge in [-0.1, -0.05) is 0 Å². The van der Waals surface area contributed by atoms with Gasteiger partial charge in [0.15, 0.2) is 23.1 Å². The van der Waals surface area contributed by atoms with Crippen LogP contribution in [0.5, 0.6) is 28.7 Å². The zero-order chi connectivity index (χ0) is 17.9. The predicted octanol–water partition coefficient (Wildman–Crippen LogP) is 1.19. The molecule has 1 aliphatic rings. The van der Waals surface area contributed by atoms with Crippen molar-refractivity contribution in [1.29, 1.82) is 0 Å². The molecule has 0 bridgehead atoms. The third-order valence-corrected chi connectivity index (χ3v) is 3.80. The van der Waals surface area contributed by atoms with E-state index >= 15 is 0 Å². The molecule has 8 heteroatoms. The zero-order valence-corrected chi connectivity index (χ0v) is 12.1. The summed E-state index contributed by atoms with van der Waals surface area (Å²) in [5, 5.41) is 49.4. The van der Waals surface area contributed by atoms with Crippen molar-refractivity contribution in [2.24, 2.45) is 0 Å². The minimum Gasteiger partial charge on any atom is -0.508 e. The van der Waals surface area contributed by atoms with Gasteiger partial charge in [0.1, 0.15) is 22.8 Å². The predicted molar refractivity (Wildman–Crippen MR) is 78.1 cm³/mol. The van der Waals surface area contributed by atoms with Crippen molar-refractivity contribution in [3.05, 3.63) is 39.9 Å². The van der Waals surface area contributed by atoms with Crippen LogP contribution in [0.4, 0.5) is 0 Å². The van der Waals surface area contributed by atoms with Gasteiger partial charge in [-0.15, -0.1) is 0 Å². The minimum atomic E-state index is -1.04. The maximum absolute atomic E-state index is 12.6. The SMILES string of the molecule is CC(=O)c1c(O)c(O)c2c(c1O)C(=O)c1c(O)cc(O)cc1C2=O. The van der Waals surface area contributed by atoms with E-state index in [1.54, 1.807) is 0 Å². The average molecular weight is 330 g/mol. The van der Waals surface area contributed by atoms with E-state index < -0.39 is 73.9 Å². The zero-order valence-electron chi connectivity index (χ0n) is 12.1. The van der Waals surface area contributed by atoms with E-state index in [0.29, 0.717) is 0 Å². The van der Waals surface area contributed by atoms with Gasteiger partial charge in [0.05, 0.1) is 16.7 Å². The molecule has 0 aliphatic heterocycles. The lowest BCUT2D eigenvalue weighted by molar-refractivity contribution is 0.0967. The molecule has 0 radical (unpaired) electrons. The second kappa shape index (κ2) is 4.72. The summed E-state index contributed by atoms with van der Waals surface area (Å²) >= 11 is 0. The fourth-order valence-corrected chi connectivity index (χ4v) is 2.78. The van der Waals surface area contributed by atoms with Gasteiger partial charge >= 0.3 is 0 Å². The molecule has 24 heavy (non-hydrogen) atoms. The Morgan fingerprint density at radius 1 is 0.792 bits per heavy atom. The maximum atomic E-state index is 12.6. The summed E-state index contributed by atoms with van der Waals surface area (Å²) in [6.07, 6.45) is 0. The first-order chi connectivity index (χ1) is 11.2. The van der Waals surface area contributed by atoms with Gasteiger partial charge < -0.3 is 25.5 Å². The van der Waals surface area contributed by atoms with Crippen LogP contribution in [0.3, 0.4) is 0 Å². The van der Waals surface area contributed by atoms with E-state index in [1.807, 2.05) is 0 Å². The molecule has 3 rings (SSSR count). The number of carbonyl (C=O) groups is 3. The first kappa shape index (κ1) is 15.3. The molecule has 0 atom stereocenters. The Bertz CT molecular complexity index is 971. The number of rotatable bonds is 1. The highest BCUT2D eigenvalue weighted by molar-refractivity contribution is 6.32. The Balaban J connectivity index is 2.48. The first-order valence-electron chi connectivity index (χ1n) is 6.64. The lowest BCUT2D eigenvalue weighted by Crippen LogP contribution is -2.22. The molecule has 0 heterocycles. The van der Waals surface area contributed by atoms with Crippen molar-refractivity contribution in [1.82, 2.24) is 0 Å². The van der Waals surface area contributed by atoms with E-state index in [9.17, 15) is 39.9 Å². The van der Waals surface area contributed by atoms with Crippen LogP contribution < -0.4 is 0 Å². The largest absolute Gasteiger partial charge is 0.508 e. The number of hydrogen-bond acceptors (Lipinski definition) is 8. The van der Waals surface area contributed by atoms with Crippen LogP contribution in [0.15, 0.2) is 12.1 Å². The van der Waals surface area contributed by atoms with Gasteiger partial charge in [-0.2, -0.15) is 0 Å². The highest BCUT2D eigenvalue weighted by Crippen LogP contribution is 2.48. The number of hydrogen-bond donors (Lipinski definition) is 5.